The molecule has 0 radical (unpaired) electrons. The van der Waals surface area contributed by atoms with Crippen LogP contribution in [0.4, 0.5) is 0 Å². The second kappa shape index (κ2) is 7.37. The van der Waals surface area contributed by atoms with Crippen LogP contribution < -0.4 is 4.74 Å². The van der Waals surface area contributed by atoms with Crippen LogP contribution in [0.5, 0.6) is 5.88 Å². The van der Waals surface area contributed by atoms with Crippen molar-refractivity contribution in [3.8, 4) is 5.88 Å². The molecule has 2 atom stereocenters. The monoisotopic (exact) mass is 388 g/mol. The van der Waals surface area contributed by atoms with E-state index in [9.17, 15) is 4.79 Å². The first-order valence-corrected chi connectivity index (χ1v) is 9.96. The third kappa shape index (κ3) is 3.19. The number of fused-ring (bicyclic) bond motifs is 3. The summed E-state index contributed by atoms with van der Waals surface area (Å²) in [6.45, 7) is 3.12. The zero-order chi connectivity index (χ0) is 19.8. The molecule has 0 bridgehead atoms. The number of ether oxygens (including phenoxy) is 1. The number of hydrogen-bond acceptors (Lipinski definition) is 4. The quantitative estimate of drug-likeness (QED) is 0.674. The largest absolute Gasteiger partial charge is 0.481 e. The lowest BCUT2D eigenvalue weighted by Gasteiger charge is -2.38. The third-order valence-electron chi connectivity index (χ3n) is 5.98. The zero-order valence-electron chi connectivity index (χ0n) is 16.4. The molecule has 3 aromatic rings. The molecule has 1 amide bonds. The first kappa shape index (κ1) is 17.9. The van der Waals surface area contributed by atoms with Crippen LogP contribution in [0, 0.1) is 0 Å². The van der Waals surface area contributed by atoms with E-state index < -0.39 is 0 Å². The maximum absolute atomic E-state index is 13.2. The van der Waals surface area contributed by atoms with E-state index in [1.54, 1.807) is 13.3 Å². The Kier molecular flexibility index (Phi) is 4.56. The number of amides is 1. The molecule has 4 heterocycles. The van der Waals surface area contributed by atoms with E-state index in [1.165, 1.54) is 0 Å². The van der Waals surface area contributed by atoms with Crippen LogP contribution in [0.25, 0.3) is 0 Å². The summed E-state index contributed by atoms with van der Waals surface area (Å²) in [4.78, 5) is 22.0. The van der Waals surface area contributed by atoms with Gasteiger partial charge >= 0.3 is 0 Å². The highest BCUT2D eigenvalue weighted by atomic mass is 16.5. The highest BCUT2D eigenvalue weighted by Gasteiger charge is 2.44. The molecule has 6 heteroatoms. The Labute approximate surface area is 170 Å². The van der Waals surface area contributed by atoms with Gasteiger partial charge in [0.25, 0.3) is 5.91 Å². The van der Waals surface area contributed by atoms with E-state index in [1.807, 2.05) is 42.6 Å². The summed E-state index contributed by atoms with van der Waals surface area (Å²) < 4.78 is 7.59. The summed E-state index contributed by atoms with van der Waals surface area (Å²) in [5.74, 6) is 0.780. The van der Waals surface area contributed by atoms with Gasteiger partial charge in [0.05, 0.1) is 19.2 Å². The molecule has 2 aliphatic rings. The van der Waals surface area contributed by atoms with Crippen LogP contribution in [0.15, 0.2) is 67.0 Å². The molecule has 1 aromatic carbocycles. The average Bonchev–Trinajstić information content (AvgIpc) is 3.39. The van der Waals surface area contributed by atoms with E-state index in [-0.39, 0.29) is 18.0 Å². The molecule has 0 aliphatic carbocycles. The maximum atomic E-state index is 13.2. The summed E-state index contributed by atoms with van der Waals surface area (Å²) in [6.07, 6.45) is 3.79. The number of nitrogens with zero attached hydrogens (tertiary/aromatic N) is 4. The fraction of sp³-hybridized carbons (Fsp3) is 0.304. The Morgan fingerprint density at radius 1 is 1.00 bits per heavy atom. The van der Waals surface area contributed by atoms with Gasteiger partial charge in [0.2, 0.25) is 5.88 Å². The van der Waals surface area contributed by atoms with Crippen molar-refractivity contribution < 1.29 is 9.53 Å². The van der Waals surface area contributed by atoms with Gasteiger partial charge in [0, 0.05) is 44.1 Å². The Hall–Kier alpha value is -3.12. The van der Waals surface area contributed by atoms with E-state index in [4.69, 9.17) is 4.74 Å². The van der Waals surface area contributed by atoms with Gasteiger partial charge in [0.15, 0.2) is 0 Å². The minimum absolute atomic E-state index is 0.112. The standard InChI is InChI=1S/C23H24N4O2/c1-29-22-18(9-5-11-24-22)14-25-15-20-21(16-25)27(13-17-7-3-2-4-8-17)23(28)19-10-6-12-26(19)20/h2-12,20-21H,13-16H2,1H3/t20-,21+/m1/s1. The molecule has 0 saturated carbocycles. The number of methoxy groups -OCH3 is 1. The number of carbonyl (C=O) groups excluding carboxylic acids is 1. The molecular weight excluding hydrogens is 364 g/mol. The average molecular weight is 388 g/mol. The topological polar surface area (TPSA) is 50.6 Å². The van der Waals surface area contributed by atoms with Crippen molar-refractivity contribution in [3.63, 3.8) is 0 Å². The number of carbonyl (C=O) groups is 1. The van der Waals surface area contributed by atoms with Gasteiger partial charge in [-0.15, -0.1) is 0 Å². The molecule has 0 N–H and O–H groups in total. The first-order valence-electron chi connectivity index (χ1n) is 9.96. The van der Waals surface area contributed by atoms with Crippen molar-refractivity contribution in [1.82, 2.24) is 19.4 Å². The number of benzene rings is 1. The highest BCUT2D eigenvalue weighted by Crippen LogP contribution is 2.35. The van der Waals surface area contributed by atoms with Crippen molar-refractivity contribution in [3.05, 3.63) is 83.8 Å². The van der Waals surface area contributed by atoms with Crippen molar-refractivity contribution in [2.45, 2.75) is 25.2 Å². The summed E-state index contributed by atoms with van der Waals surface area (Å²) in [5, 5.41) is 0. The van der Waals surface area contributed by atoms with Crippen LogP contribution in [-0.2, 0) is 13.1 Å². The summed E-state index contributed by atoms with van der Waals surface area (Å²) >= 11 is 0. The minimum atomic E-state index is 0.112. The Bertz CT molecular complexity index is 1020. The Balaban J connectivity index is 1.43. The van der Waals surface area contributed by atoms with Crippen molar-refractivity contribution in [2.75, 3.05) is 20.2 Å². The van der Waals surface area contributed by atoms with Gasteiger partial charge in [-0.25, -0.2) is 4.98 Å². The second-order valence-electron chi connectivity index (χ2n) is 7.72. The smallest absolute Gasteiger partial charge is 0.271 e. The molecule has 5 rings (SSSR count). The van der Waals surface area contributed by atoms with Gasteiger partial charge in [0.1, 0.15) is 5.69 Å². The molecule has 6 nitrogen and oxygen atoms in total. The lowest BCUT2D eigenvalue weighted by atomic mass is 10.0. The SMILES string of the molecule is COc1ncccc1CN1C[C@@H]2[C@H](C1)N(Cc1ccccc1)C(=O)c1cccn12. The number of pyridine rings is 1. The fourth-order valence-corrected chi connectivity index (χ4v) is 4.66. The van der Waals surface area contributed by atoms with E-state index in [0.717, 1.165) is 36.5 Å². The van der Waals surface area contributed by atoms with Crippen LogP contribution in [0.3, 0.4) is 0 Å². The van der Waals surface area contributed by atoms with Gasteiger partial charge < -0.3 is 14.2 Å². The Morgan fingerprint density at radius 3 is 2.66 bits per heavy atom. The fourth-order valence-electron chi connectivity index (χ4n) is 4.66. The van der Waals surface area contributed by atoms with Gasteiger partial charge in [-0.3, -0.25) is 9.69 Å². The van der Waals surface area contributed by atoms with Gasteiger partial charge in [-0.2, -0.15) is 0 Å². The predicted molar refractivity (Wildman–Crippen MR) is 110 cm³/mol. The molecule has 1 saturated heterocycles. The van der Waals surface area contributed by atoms with E-state index in [0.29, 0.717) is 12.4 Å². The molecule has 1 fully saturated rings. The Morgan fingerprint density at radius 2 is 1.83 bits per heavy atom. The van der Waals surface area contributed by atoms with E-state index in [2.05, 4.69) is 37.5 Å². The third-order valence-corrected chi connectivity index (χ3v) is 5.98. The summed E-state index contributed by atoms with van der Waals surface area (Å²) in [5.41, 5.74) is 3.01. The number of aromatic nitrogens is 2. The predicted octanol–water partition coefficient (Wildman–Crippen LogP) is 2.97. The molecule has 29 heavy (non-hydrogen) atoms. The van der Waals surface area contributed by atoms with Crippen molar-refractivity contribution >= 4 is 5.91 Å². The van der Waals surface area contributed by atoms with E-state index >= 15 is 0 Å². The van der Waals surface area contributed by atoms with Crippen LogP contribution in [0.2, 0.25) is 0 Å². The molecular formula is C23H24N4O2. The normalized spacial score (nSPS) is 21.1. The second-order valence-corrected chi connectivity index (χ2v) is 7.72. The highest BCUT2D eigenvalue weighted by molar-refractivity contribution is 5.94. The van der Waals surface area contributed by atoms with Crippen LogP contribution >= 0.6 is 0 Å². The van der Waals surface area contributed by atoms with Crippen LogP contribution in [0.1, 0.15) is 27.7 Å². The number of hydrogen-bond donors (Lipinski definition) is 0. The molecule has 148 valence electrons. The zero-order valence-corrected chi connectivity index (χ0v) is 16.4. The summed E-state index contributed by atoms with van der Waals surface area (Å²) in [6, 6.07) is 18.5. The number of rotatable bonds is 5. The minimum Gasteiger partial charge on any atom is -0.481 e. The number of likely N-dealkylation sites (tertiary alicyclic amines) is 1. The lowest BCUT2D eigenvalue weighted by molar-refractivity contribution is 0.0556. The molecule has 2 aliphatic heterocycles. The van der Waals surface area contributed by atoms with Crippen molar-refractivity contribution in [1.29, 1.82) is 0 Å². The molecule has 0 spiro atoms. The first-order chi connectivity index (χ1) is 14.2. The van der Waals surface area contributed by atoms with Crippen LogP contribution in [-0.4, -0.2) is 51.5 Å². The van der Waals surface area contributed by atoms with Gasteiger partial charge in [-0.05, 0) is 23.8 Å². The maximum Gasteiger partial charge on any atom is 0.271 e. The molecule has 2 aromatic heterocycles. The van der Waals surface area contributed by atoms with Gasteiger partial charge in [-0.1, -0.05) is 36.4 Å². The lowest BCUT2D eigenvalue weighted by Crippen LogP contribution is -2.49. The van der Waals surface area contributed by atoms with Crippen molar-refractivity contribution in [2.24, 2.45) is 0 Å². The summed E-state index contributed by atoms with van der Waals surface area (Å²) in [7, 11) is 1.65. The molecule has 0 unspecified atom stereocenters.